The molecule has 0 spiro atoms. The quantitative estimate of drug-likeness (QED) is 0.804. The molecule has 6 nitrogen and oxygen atoms in total. The number of rotatable bonds is 4. The van der Waals surface area contributed by atoms with E-state index in [1.54, 1.807) is 12.4 Å². The summed E-state index contributed by atoms with van der Waals surface area (Å²) in [5.41, 5.74) is 3.33. The van der Waals surface area contributed by atoms with Gasteiger partial charge in [0, 0.05) is 49.9 Å². The van der Waals surface area contributed by atoms with Crippen LogP contribution in [-0.2, 0) is 0 Å². The highest BCUT2D eigenvalue weighted by molar-refractivity contribution is 5.97. The van der Waals surface area contributed by atoms with Crippen molar-refractivity contribution >= 4 is 11.8 Å². The van der Waals surface area contributed by atoms with Crippen molar-refractivity contribution in [1.82, 2.24) is 19.8 Å². The maximum Gasteiger partial charge on any atom is 0.256 e. The molecule has 0 unspecified atom stereocenters. The Morgan fingerprint density at radius 3 is 1.93 bits per heavy atom. The smallest absolute Gasteiger partial charge is 0.256 e. The molecule has 2 aliphatic carbocycles. The minimum atomic E-state index is -0.0338. The zero-order chi connectivity index (χ0) is 20.0. The van der Waals surface area contributed by atoms with E-state index < -0.39 is 0 Å². The zero-order valence-electron chi connectivity index (χ0n) is 16.8. The van der Waals surface area contributed by atoms with Gasteiger partial charge in [-0.1, -0.05) is 0 Å². The summed E-state index contributed by atoms with van der Waals surface area (Å²) >= 11 is 0. The molecule has 150 valence electrons. The number of aromatic nitrogens is 2. The fourth-order valence-corrected chi connectivity index (χ4v) is 4.33. The van der Waals surface area contributed by atoms with E-state index in [1.807, 2.05) is 41.0 Å². The lowest BCUT2D eigenvalue weighted by Gasteiger charge is -2.40. The first-order valence-electron chi connectivity index (χ1n) is 10.6. The largest absolute Gasteiger partial charge is 0.335 e. The zero-order valence-corrected chi connectivity index (χ0v) is 16.8. The monoisotopic (exact) mass is 390 g/mol. The Morgan fingerprint density at radius 1 is 0.862 bits per heavy atom. The number of hydrogen-bond donors (Lipinski definition) is 0. The predicted molar refractivity (Wildman–Crippen MR) is 109 cm³/mol. The summed E-state index contributed by atoms with van der Waals surface area (Å²) in [5, 5.41) is 0. The van der Waals surface area contributed by atoms with E-state index in [2.05, 4.69) is 9.97 Å². The number of hydrogen-bond acceptors (Lipinski definition) is 4. The second-order valence-corrected chi connectivity index (χ2v) is 8.52. The van der Waals surface area contributed by atoms with Gasteiger partial charge in [0.15, 0.2) is 0 Å². The topological polar surface area (TPSA) is 66.4 Å². The third kappa shape index (κ3) is 3.52. The van der Waals surface area contributed by atoms with Crippen molar-refractivity contribution in [1.29, 1.82) is 0 Å². The van der Waals surface area contributed by atoms with Gasteiger partial charge in [0.25, 0.3) is 11.8 Å². The lowest BCUT2D eigenvalue weighted by atomic mass is 10.0. The van der Waals surface area contributed by atoms with Crippen LogP contribution in [0.15, 0.2) is 36.7 Å². The first-order valence-corrected chi connectivity index (χ1v) is 10.6. The number of carbonyl (C=O) groups excluding carboxylic acids is 2. The second kappa shape index (κ2) is 7.25. The van der Waals surface area contributed by atoms with Crippen molar-refractivity contribution in [3.8, 4) is 0 Å². The van der Waals surface area contributed by atoms with Gasteiger partial charge < -0.3 is 9.80 Å². The molecule has 0 radical (unpaired) electrons. The highest BCUT2D eigenvalue weighted by atomic mass is 16.2. The molecule has 3 aliphatic rings. The maximum absolute atomic E-state index is 13.2. The molecular formula is C23H26N4O2. The van der Waals surface area contributed by atoms with Crippen LogP contribution in [0.3, 0.4) is 0 Å². The number of carbonyl (C=O) groups is 2. The summed E-state index contributed by atoms with van der Waals surface area (Å²) < 4.78 is 0. The van der Waals surface area contributed by atoms with Crippen molar-refractivity contribution in [3.05, 3.63) is 59.2 Å². The molecule has 1 atom stereocenters. The molecule has 0 N–H and O–H groups in total. The minimum Gasteiger partial charge on any atom is -0.335 e. The number of nitrogens with zero attached hydrogens (tertiary/aromatic N) is 4. The van der Waals surface area contributed by atoms with Gasteiger partial charge >= 0.3 is 0 Å². The molecular weight excluding hydrogens is 364 g/mol. The van der Waals surface area contributed by atoms with Gasteiger partial charge in [-0.2, -0.15) is 0 Å². The summed E-state index contributed by atoms with van der Waals surface area (Å²) in [6, 6.07) is 7.43. The molecule has 1 aliphatic heterocycles. The molecule has 2 amide bonds. The van der Waals surface area contributed by atoms with Crippen LogP contribution >= 0.6 is 0 Å². The minimum absolute atomic E-state index is 0.0338. The first-order chi connectivity index (χ1) is 14.1. The van der Waals surface area contributed by atoms with Crippen LogP contribution in [0.4, 0.5) is 0 Å². The fraction of sp³-hybridized carbons (Fsp3) is 0.478. The molecule has 3 heterocycles. The molecule has 5 rings (SSSR count). The Hall–Kier alpha value is -2.76. The van der Waals surface area contributed by atoms with Crippen molar-refractivity contribution in [3.63, 3.8) is 0 Å². The SMILES string of the molecule is C[C@H]1CN(C(=O)c2cccnc2C2CC2)CCN1C(=O)c1cccnc1C1CC1. The Morgan fingerprint density at radius 2 is 1.41 bits per heavy atom. The lowest BCUT2D eigenvalue weighted by Crippen LogP contribution is -2.55. The van der Waals surface area contributed by atoms with E-state index in [4.69, 9.17) is 0 Å². The van der Waals surface area contributed by atoms with Gasteiger partial charge in [-0.25, -0.2) is 0 Å². The van der Waals surface area contributed by atoms with E-state index in [0.29, 0.717) is 31.5 Å². The van der Waals surface area contributed by atoms with E-state index in [0.717, 1.165) is 48.2 Å². The van der Waals surface area contributed by atoms with Crippen molar-refractivity contribution in [2.45, 2.75) is 50.5 Å². The first kappa shape index (κ1) is 18.3. The normalized spacial score (nSPS) is 21.9. The molecule has 2 aromatic rings. The van der Waals surface area contributed by atoms with Crippen molar-refractivity contribution in [2.75, 3.05) is 19.6 Å². The molecule has 3 fully saturated rings. The molecule has 0 aromatic carbocycles. The van der Waals surface area contributed by atoms with Crippen LogP contribution in [0.1, 0.15) is 76.5 Å². The predicted octanol–water partition coefficient (Wildman–Crippen LogP) is 3.22. The average molecular weight is 390 g/mol. The second-order valence-electron chi connectivity index (χ2n) is 8.52. The van der Waals surface area contributed by atoms with Crippen LogP contribution in [0, 0.1) is 0 Å². The Labute approximate surface area is 170 Å². The molecule has 29 heavy (non-hydrogen) atoms. The Bertz CT molecular complexity index is 951. The van der Waals surface area contributed by atoms with Gasteiger partial charge in [0.2, 0.25) is 0 Å². The van der Waals surface area contributed by atoms with Crippen LogP contribution in [0.2, 0.25) is 0 Å². The average Bonchev–Trinajstić information content (AvgIpc) is 3.66. The summed E-state index contributed by atoms with van der Waals surface area (Å²) in [6.45, 7) is 3.66. The van der Waals surface area contributed by atoms with Crippen LogP contribution < -0.4 is 0 Å². The van der Waals surface area contributed by atoms with Crippen LogP contribution in [0.5, 0.6) is 0 Å². The van der Waals surface area contributed by atoms with E-state index in [1.165, 1.54) is 0 Å². The molecule has 1 saturated heterocycles. The number of amides is 2. The number of pyridine rings is 2. The Balaban J connectivity index is 1.31. The van der Waals surface area contributed by atoms with Crippen molar-refractivity contribution < 1.29 is 9.59 Å². The van der Waals surface area contributed by atoms with Gasteiger partial charge in [-0.15, -0.1) is 0 Å². The molecule has 0 bridgehead atoms. The van der Waals surface area contributed by atoms with Gasteiger partial charge in [0.05, 0.1) is 22.5 Å². The fourth-order valence-electron chi connectivity index (χ4n) is 4.33. The van der Waals surface area contributed by atoms with Crippen LogP contribution in [-0.4, -0.2) is 57.3 Å². The maximum atomic E-state index is 13.2. The Kier molecular flexibility index (Phi) is 4.57. The highest BCUT2D eigenvalue weighted by Crippen LogP contribution is 2.41. The molecule has 6 heteroatoms. The molecule has 2 aromatic heterocycles. The van der Waals surface area contributed by atoms with Gasteiger partial charge in [0.1, 0.15) is 0 Å². The lowest BCUT2D eigenvalue weighted by molar-refractivity contribution is 0.0412. The summed E-state index contributed by atoms with van der Waals surface area (Å²) in [6.07, 6.45) is 8.01. The van der Waals surface area contributed by atoms with Crippen molar-refractivity contribution in [2.24, 2.45) is 0 Å². The van der Waals surface area contributed by atoms with E-state index >= 15 is 0 Å². The van der Waals surface area contributed by atoms with E-state index in [9.17, 15) is 9.59 Å². The number of piperazine rings is 1. The third-order valence-electron chi connectivity index (χ3n) is 6.24. The van der Waals surface area contributed by atoms with Gasteiger partial charge in [-0.3, -0.25) is 19.6 Å². The molecule has 2 saturated carbocycles. The third-order valence-corrected chi connectivity index (χ3v) is 6.24. The van der Waals surface area contributed by atoms with E-state index in [-0.39, 0.29) is 17.9 Å². The van der Waals surface area contributed by atoms with Crippen LogP contribution in [0.25, 0.3) is 0 Å². The summed E-state index contributed by atoms with van der Waals surface area (Å²) in [5.74, 6) is 0.945. The summed E-state index contributed by atoms with van der Waals surface area (Å²) in [7, 11) is 0. The highest BCUT2D eigenvalue weighted by Gasteiger charge is 2.36. The summed E-state index contributed by atoms with van der Waals surface area (Å²) in [4.78, 5) is 39.1. The van der Waals surface area contributed by atoms with Gasteiger partial charge in [-0.05, 0) is 56.9 Å². The standard InChI is InChI=1S/C23H26N4O2/c1-15-14-26(22(28)18-4-2-10-24-20(18)16-6-7-16)12-13-27(15)23(29)19-5-3-11-25-21(19)17-8-9-17/h2-5,10-11,15-17H,6-9,12-14H2,1H3/t15-/m0/s1.